The number of nitrogen functional groups attached to an aromatic ring is 1. The lowest BCUT2D eigenvalue weighted by molar-refractivity contribution is -0.138. The average Bonchev–Trinajstić information content (AvgIpc) is 2.76. The number of sulfone groups is 1. The zero-order valence-corrected chi connectivity index (χ0v) is 12.0. The molecule has 7 nitrogen and oxygen atoms in total. The highest BCUT2D eigenvalue weighted by Gasteiger charge is 2.36. The van der Waals surface area contributed by atoms with E-state index in [-0.39, 0.29) is 29.2 Å². The second-order valence-corrected chi connectivity index (χ2v) is 7.20. The second kappa shape index (κ2) is 5.72. The highest BCUT2D eigenvalue weighted by atomic mass is 32.2. The molecule has 0 aliphatic carbocycles. The van der Waals surface area contributed by atoms with Gasteiger partial charge in [-0.1, -0.05) is 12.1 Å². The van der Waals surface area contributed by atoms with Gasteiger partial charge in [0.2, 0.25) is 0 Å². The van der Waals surface area contributed by atoms with Gasteiger partial charge in [-0.2, -0.15) is 0 Å². The summed E-state index contributed by atoms with van der Waals surface area (Å²) in [6, 6.07) is 5.69. The zero-order chi connectivity index (χ0) is 15.6. The predicted molar refractivity (Wildman–Crippen MR) is 76.6 cm³/mol. The van der Waals surface area contributed by atoms with Crippen molar-refractivity contribution < 1.29 is 23.1 Å². The normalized spacial score (nSPS) is 20.1. The largest absolute Gasteiger partial charge is 0.480 e. The van der Waals surface area contributed by atoms with Crippen LogP contribution in [-0.4, -0.2) is 54.4 Å². The van der Waals surface area contributed by atoms with E-state index in [1.807, 2.05) is 0 Å². The van der Waals surface area contributed by atoms with Crippen LogP contribution in [0.2, 0.25) is 0 Å². The molecule has 2 rings (SSSR count). The van der Waals surface area contributed by atoms with E-state index in [1.165, 1.54) is 12.1 Å². The van der Waals surface area contributed by atoms with Crippen LogP contribution in [0.3, 0.4) is 0 Å². The Labute approximate surface area is 122 Å². The molecule has 1 aromatic carbocycles. The molecule has 1 atom stereocenters. The number of rotatable bonds is 4. The number of nitrogens with zero attached hydrogens (tertiary/aromatic N) is 1. The standard InChI is InChI=1S/C13H16N2O5S/c14-11-4-2-1-3-10(11)13(18)15(7-12(16)17)9-5-6-21(19,20)8-9/h1-4,9H,5-8,14H2,(H,16,17). The van der Waals surface area contributed by atoms with E-state index in [0.29, 0.717) is 0 Å². The van der Waals surface area contributed by atoms with Crippen LogP contribution < -0.4 is 5.73 Å². The first-order valence-electron chi connectivity index (χ1n) is 6.38. The number of nitrogens with two attached hydrogens (primary N) is 1. The lowest BCUT2D eigenvalue weighted by Gasteiger charge is -2.27. The Morgan fingerprint density at radius 2 is 2.00 bits per heavy atom. The van der Waals surface area contributed by atoms with Crippen LogP contribution in [0.4, 0.5) is 5.69 Å². The quantitative estimate of drug-likeness (QED) is 0.755. The van der Waals surface area contributed by atoms with Crippen LogP contribution >= 0.6 is 0 Å². The van der Waals surface area contributed by atoms with Crippen molar-refractivity contribution in [2.75, 3.05) is 23.8 Å². The Kier molecular flexibility index (Phi) is 4.17. The van der Waals surface area contributed by atoms with Crippen molar-refractivity contribution in [1.29, 1.82) is 0 Å². The molecule has 0 spiro atoms. The van der Waals surface area contributed by atoms with Crippen molar-refractivity contribution >= 4 is 27.4 Å². The molecule has 1 aliphatic heterocycles. The lowest BCUT2D eigenvalue weighted by atomic mass is 10.1. The molecule has 1 fully saturated rings. The summed E-state index contributed by atoms with van der Waals surface area (Å²) in [5, 5.41) is 8.96. The molecule has 1 amide bonds. The number of hydrogen-bond donors (Lipinski definition) is 2. The van der Waals surface area contributed by atoms with Crippen molar-refractivity contribution in [2.45, 2.75) is 12.5 Å². The Balaban J connectivity index is 2.30. The third kappa shape index (κ3) is 3.52. The van der Waals surface area contributed by atoms with Crippen molar-refractivity contribution in [1.82, 2.24) is 4.90 Å². The van der Waals surface area contributed by atoms with E-state index in [9.17, 15) is 18.0 Å². The van der Waals surface area contributed by atoms with Gasteiger partial charge < -0.3 is 15.7 Å². The summed E-state index contributed by atoms with van der Waals surface area (Å²) in [7, 11) is -3.22. The van der Waals surface area contributed by atoms with Crippen LogP contribution in [0, 0.1) is 0 Å². The fraction of sp³-hybridized carbons (Fsp3) is 0.385. The number of carbonyl (C=O) groups excluding carboxylic acids is 1. The van der Waals surface area contributed by atoms with Crippen molar-refractivity contribution in [3.05, 3.63) is 29.8 Å². The first kappa shape index (κ1) is 15.3. The van der Waals surface area contributed by atoms with Gasteiger partial charge in [0.05, 0.1) is 17.1 Å². The van der Waals surface area contributed by atoms with Gasteiger partial charge in [-0.3, -0.25) is 9.59 Å². The molecule has 8 heteroatoms. The molecular formula is C13H16N2O5S. The SMILES string of the molecule is Nc1ccccc1C(=O)N(CC(=O)O)C1CCS(=O)(=O)C1. The Hall–Kier alpha value is -2.09. The smallest absolute Gasteiger partial charge is 0.323 e. The minimum absolute atomic E-state index is 0.0364. The average molecular weight is 312 g/mol. The van der Waals surface area contributed by atoms with Gasteiger partial charge in [-0.25, -0.2) is 8.42 Å². The van der Waals surface area contributed by atoms with Crippen LogP contribution in [-0.2, 0) is 14.6 Å². The maximum absolute atomic E-state index is 12.5. The van der Waals surface area contributed by atoms with E-state index < -0.39 is 34.3 Å². The molecule has 1 unspecified atom stereocenters. The number of amides is 1. The first-order chi connectivity index (χ1) is 9.80. The highest BCUT2D eigenvalue weighted by Crippen LogP contribution is 2.22. The van der Waals surface area contributed by atoms with Gasteiger partial charge in [-0.15, -0.1) is 0 Å². The van der Waals surface area contributed by atoms with Crippen LogP contribution in [0.15, 0.2) is 24.3 Å². The number of hydrogen-bond acceptors (Lipinski definition) is 5. The van der Waals surface area contributed by atoms with E-state index in [2.05, 4.69) is 0 Å². The van der Waals surface area contributed by atoms with Crippen LogP contribution in [0.5, 0.6) is 0 Å². The molecule has 21 heavy (non-hydrogen) atoms. The third-order valence-electron chi connectivity index (χ3n) is 3.41. The van der Waals surface area contributed by atoms with Gasteiger partial charge >= 0.3 is 5.97 Å². The monoisotopic (exact) mass is 312 g/mol. The Morgan fingerprint density at radius 3 is 2.52 bits per heavy atom. The molecular weight excluding hydrogens is 296 g/mol. The van der Waals surface area contributed by atoms with Crippen molar-refractivity contribution in [3.63, 3.8) is 0 Å². The molecule has 1 heterocycles. The number of carboxylic acid groups (broad SMARTS) is 1. The summed E-state index contributed by atoms with van der Waals surface area (Å²) < 4.78 is 23.1. The lowest BCUT2D eigenvalue weighted by Crippen LogP contribution is -2.44. The molecule has 0 aromatic heterocycles. The van der Waals surface area contributed by atoms with Gasteiger partial charge in [-0.05, 0) is 18.6 Å². The number of carbonyl (C=O) groups is 2. The second-order valence-electron chi connectivity index (χ2n) is 4.97. The predicted octanol–water partition coefficient (Wildman–Crippen LogP) is -0.0173. The maximum Gasteiger partial charge on any atom is 0.323 e. The summed E-state index contributed by atoms with van der Waals surface area (Å²) in [6.07, 6.45) is 0.244. The van der Waals surface area contributed by atoms with Gasteiger partial charge in [0.25, 0.3) is 5.91 Å². The minimum Gasteiger partial charge on any atom is -0.480 e. The number of aliphatic carboxylic acids is 1. The summed E-state index contributed by atoms with van der Waals surface area (Å²) in [5.41, 5.74) is 6.15. The first-order valence-corrected chi connectivity index (χ1v) is 8.20. The molecule has 1 saturated heterocycles. The van der Waals surface area contributed by atoms with E-state index in [1.54, 1.807) is 12.1 Å². The number of anilines is 1. The summed E-state index contributed by atoms with van der Waals surface area (Å²) in [5.74, 6) is -2.00. The summed E-state index contributed by atoms with van der Waals surface area (Å²) in [4.78, 5) is 24.5. The number of para-hydroxylation sites is 1. The van der Waals surface area contributed by atoms with Crippen molar-refractivity contribution in [3.8, 4) is 0 Å². The van der Waals surface area contributed by atoms with Gasteiger partial charge in [0.15, 0.2) is 9.84 Å². The fourth-order valence-electron chi connectivity index (χ4n) is 2.38. The third-order valence-corrected chi connectivity index (χ3v) is 5.16. The van der Waals surface area contributed by atoms with E-state index >= 15 is 0 Å². The molecule has 0 saturated carbocycles. The van der Waals surface area contributed by atoms with E-state index in [4.69, 9.17) is 10.8 Å². The summed E-state index contributed by atoms with van der Waals surface area (Å²) in [6.45, 7) is -0.548. The molecule has 1 aliphatic rings. The molecule has 1 aromatic rings. The van der Waals surface area contributed by atoms with Gasteiger partial charge in [0, 0.05) is 11.7 Å². The molecule has 3 N–H and O–H groups in total. The summed E-state index contributed by atoms with van der Waals surface area (Å²) >= 11 is 0. The number of carboxylic acids is 1. The molecule has 0 radical (unpaired) electrons. The zero-order valence-electron chi connectivity index (χ0n) is 11.2. The number of benzene rings is 1. The van der Waals surface area contributed by atoms with Gasteiger partial charge in [0.1, 0.15) is 6.54 Å². The Bertz CT molecular complexity index is 671. The van der Waals surface area contributed by atoms with Crippen molar-refractivity contribution in [2.24, 2.45) is 0 Å². The maximum atomic E-state index is 12.5. The van der Waals surface area contributed by atoms with E-state index in [0.717, 1.165) is 4.90 Å². The minimum atomic E-state index is -3.22. The Morgan fingerprint density at radius 1 is 1.33 bits per heavy atom. The molecule has 0 bridgehead atoms. The molecule has 114 valence electrons. The highest BCUT2D eigenvalue weighted by molar-refractivity contribution is 7.91. The fourth-order valence-corrected chi connectivity index (χ4v) is 4.11. The topological polar surface area (TPSA) is 118 Å². The van der Waals surface area contributed by atoms with Crippen LogP contribution in [0.25, 0.3) is 0 Å². The van der Waals surface area contributed by atoms with Crippen LogP contribution in [0.1, 0.15) is 16.8 Å².